The zero-order chi connectivity index (χ0) is 10.2. The lowest BCUT2D eigenvalue weighted by Gasteiger charge is -2.45. The van der Waals surface area contributed by atoms with Gasteiger partial charge in [-0.2, -0.15) is 0 Å². The summed E-state index contributed by atoms with van der Waals surface area (Å²) in [4.78, 5) is 0. The van der Waals surface area contributed by atoms with Gasteiger partial charge in [0.25, 0.3) is 0 Å². The predicted molar refractivity (Wildman–Crippen MR) is 49.3 cm³/mol. The van der Waals surface area contributed by atoms with Crippen molar-refractivity contribution < 1.29 is 13.5 Å². The van der Waals surface area contributed by atoms with Crippen molar-refractivity contribution in [2.75, 3.05) is 6.54 Å². The van der Waals surface area contributed by atoms with E-state index in [4.69, 9.17) is 4.74 Å². The van der Waals surface area contributed by atoms with Gasteiger partial charge in [0.1, 0.15) is 5.72 Å². The topological polar surface area (TPSA) is 21.3 Å². The molecule has 1 saturated heterocycles. The molecule has 2 fully saturated rings. The molecule has 1 spiro atoms. The normalized spacial score (nSPS) is 35.8. The third-order valence-corrected chi connectivity index (χ3v) is 3.21. The summed E-state index contributed by atoms with van der Waals surface area (Å²) in [5, 5.41) is 3.25. The summed E-state index contributed by atoms with van der Waals surface area (Å²) in [6.07, 6.45) is 1.94. The monoisotopic (exact) mass is 205 g/mol. The summed E-state index contributed by atoms with van der Waals surface area (Å²) in [5.41, 5.74) is -0.445. The van der Waals surface area contributed by atoms with Crippen molar-refractivity contribution in [2.24, 2.45) is 0 Å². The van der Waals surface area contributed by atoms with E-state index in [0.29, 0.717) is 12.8 Å². The van der Waals surface area contributed by atoms with E-state index >= 15 is 0 Å². The van der Waals surface area contributed by atoms with Crippen LogP contribution in [-0.4, -0.2) is 24.3 Å². The maximum Gasteiger partial charge on any atom is 0.248 e. The predicted octanol–water partition coefficient (Wildman–Crippen LogP) is 2.29. The molecule has 0 aromatic rings. The molecule has 2 rings (SSSR count). The fraction of sp³-hybridized carbons (Fsp3) is 1.00. The fourth-order valence-electron chi connectivity index (χ4n) is 2.30. The summed E-state index contributed by atoms with van der Waals surface area (Å²) in [7, 11) is 0. The average molecular weight is 205 g/mol. The number of alkyl halides is 2. The van der Waals surface area contributed by atoms with Crippen LogP contribution in [0.5, 0.6) is 0 Å². The Morgan fingerprint density at radius 3 is 2.43 bits per heavy atom. The van der Waals surface area contributed by atoms with E-state index in [1.54, 1.807) is 0 Å². The number of rotatable bonds is 0. The van der Waals surface area contributed by atoms with E-state index in [1.807, 2.05) is 6.92 Å². The lowest BCUT2D eigenvalue weighted by atomic mass is 9.87. The molecule has 0 amide bonds. The van der Waals surface area contributed by atoms with Crippen LogP contribution in [0.2, 0.25) is 0 Å². The Hall–Kier alpha value is -0.220. The van der Waals surface area contributed by atoms with Crippen molar-refractivity contribution in [3.05, 3.63) is 0 Å². The summed E-state index contributed by atoms with van der Waals surface area (Å²) >= 11 is 0. The number of hydrogen-bond acceptors (Lipinski definition) is 2. The molecule has 1 aliphatic heterocycles. The second-order valence-corrected chi connectivity index (χ2v) is 4.49. The van der Waals surface area contributed by atoms with Crippen LogP contribution in [0.15, 0.2) is 0 Å². The molecule has 2 aliphatic rings. The highest BCUT2D eigenvalue weighted by atomic mass is 19.3. The van der Waals surface area contributed by atoms with Crippen molar-refractivity contribution in [2.45, 2.75) is 56.8 Å². The number of halogens is 2. The molecule has 1 unspecified atom stereocenters. The Morgan fingerprint density at radius 1 is 1.21 bits per heavy atom. The molecule has 82 valence electrons. The van der Waals surface area contributed by atoms with E-state index < -0.39 is 11.6 Å². The van der Waals surface area contributed by atoms with E-state index in [1.165, 1.54) is 0 Å². The minimum Gasteiger partial charge on any atom is -0.358 e. The second-order valence-electron chi connectivity index (χ2n) is 4.49. The van der Waals surface area contributed by atoms with Crippen LogP contribution in [0, 0.1) is 0 Å². The highest BCUT2D eigenvalue weighted by molar-refractivity contribution is 4.91. The minimum atomic E-state index is -2.48. The van der Waals surface area contributed by atoms with Crippen molar-refractivity contribution in [1.29, 1.82) is 0 Å². The Kier molecular flexibility index (Phi) is 2.52. The highest BCUT2D eigenvalue weighted by Crippen LogP contribution is 2.40. The SMILES string of the molecule is CC1CCNC2(CCC(F)(F)CC2)O1. The van der Waals surface area contributed by atoms with Gasteiger partial charge in [0.05, 0.1) is 6.10 Å². The zero-order valence-electron chi connectivity index (χ0n) is 8.48. The number of ether oxygens (including phenoxy) is 1. The van der Waals surface area contributed by atoms with E-state index in [9.17, 15) is 8.78 Å². The molecule has 1 saturated carbocycles. The zero-order valence-corrected chi connectivity index (χ0v) is 8.48. The van der Waals surface area contributed by atoms with Crippen LogP contribution >= 0.6 is 0 Å². The molecule has 1 aliphatic carbocycles. The van der Waals surface area contributed by atoms with Gasteiger partial charge in [0.15, 0.2) is 0 Å². The first-order valence-corrected chi connectivity index (χ1v) is 5.32. The van der Waals surface area contributed by atoms with E-state index in [2.05, 4.69) is 5.32 Å². The Bertz CT molecular complexity index is 210. The van der Waals surface area contributed by atoms with Gasteiger partial charge in [-0.15, -0.1) is 0 Å². The molecule has 1 heterocycles. The average Bonchev–Trinajstić information content (AvgIpc) is 2.12. The first-order chi connectivity index (χ1) is 6.52. The molecule has 0 aromatic heterocycles. The Morgan fingerprint density at radius 2 is 1.86 bits per heavy atom. The molecule has 0 radical (unpaired) electrons. The van der Waals surface area contributed by atoms with Crippen molar-refractivity contribution in [3.8, 4) is 0 Å². The molecular formula is C10H17F2NO. The maximum absolute atomic E-state index is 13.0. The van der Waals surface area contributed by atoms with Crippen LogP contribution in [-0.2, 0) is 4.74 Å². The second kappa shape index (κ2) is 3.42. The van der Waals surface area contributed by atoms with E-state index in [0.717, 1.165) is 13.0 Å². The largest absolute Gasteiger partial charge is 0.358 e. The molecule has 14 heavy (non-hydrogen) atoms. The molecule has 4 heteroatoms. The standard InChI is InChI=1S/C10H17F2NO/c1-8-2-7-13-10(14-8)5-3-9(11,12)4-6-10/h8,13H,2-7H2,1H3. The van der Waals surface area contributed by atoms with Gasteiger partial charge in [-0.3, -0.25) is 5.32 Å². The van der Waals surface area contributed by atoms with Crippen LogP contribution in [0.4, 0.5) is 8.78 Å². The van der Waals surface area contributed by atoms with Gasteiger partial charge < -0.3 is 4.74 Å². The summed E-state index contributed by atoms with van der Waals surface area (Å²) in [6.45, 7) is 2.89. The molecular weight excluding hydrogens is 188 g/mol. The van der Waals surface area contributed by atoms with Gasteiger partial charge >= 0.3 is 0 Å². The first-order valence-electron chi connectivity index (χ1n) is 5.32. The highest BCUT2D eigenvalue weighted by Gasteiger charge is 2.45. The van der Waals surface area contributed by atoms with Gasteiger partial charge in [0, 0.05) is 19.4 Å². The maximum atomic E-state index is 13.0. The summed E-state index contributed by atoms with van der Waals surface area (Å²) in [5.74, 6) is -2.48. The lowest BCUT2D eigenvalue weighted by Crippen LogP contribution is -2.57. The van der Waals surface area contributed by atoms with Crippen molar-refractivity contribution in [1.82, 2.24) is 5.32 Å². The summed E-state index contributed by atoms with van der Waals surface area (Å²) < 4.78 is 31.7. The van der Waals surface area contributed by atoms with Gasteiger partial charge in [-0.25, -0.2) is 8.78 Å². The van der Waals surface area contributed by atoms with Crippen molar-refractivity contribution in [3.63, 3.8) is 0 Å². The van der Waals surface area contributed by atoms with Crippen LogP contribution in [0.3, 0.4) is 0 Å². The van der Waals surface area contributed by atoms with Gasteiger partial charge in [-0.05, 0) is 26.2 Å². The molecule has 2 nitrogen and oxygen atoms in total. The third-order valence-electron chi connectivity index (χ3n) is 3.21. The molecule has 0 bridgehead atoms. The Balaban J connectivity index is 1.98. The first kappa shape index (κ1) is 10.3. The number of hydrogen-bond donors (Lipinski definition) is 1. The lowest BCUT2D eigenvalue weighted by molar-refractivity contribution is -0.185. The van der Waals surface area contributed by atoms with Gasteiger partial charge in [-0.1, -0.05) is 0 Å². The van der Waals surface area contributed by atoms with Crippen LogP contribution < -0.4 is 5.32 Å². The minimum absolute atomic E-state index is 0.0489. The summed E-state index contributed by atoms with van der Waals surface area (Å²) in [6, 6.07) is 0. The van der Waals surface area contributed by atoms with E-state index in [-0.39, 0.29) is 18.9 Å². The fourth-order valence-corrected chi connectivity index (χ4v) is 2.30. The van der Waals surface area contributed by atoms with Crippen LogP contribution in [0.1, 0.15) is 39.0 Å². The van der Waals surface area contributed by atoms with Crippen LogP contribution in [0.25, 0.3) is 0 Å². The quantitative estimate of drug-likeness (QED) is 0.655. The van der Waals surface area contributed by atoms with Gasteiger partial charge in [0.2, 0.25) is 5.92 Å². The smallest absolute Gasteiger partial charge is 0.248 e. The molecule has 1 atom stereocenters. The Labute approximate surface area is 83.0 Å². The molecule has 0 aromatic carbocycles. The number of nitrogens with one attached hydrogen (secondary N) is 1. The van der Waals surface area contributed by atoms with Crippen molar-refractivity contribution >= 4 is 0 Å². The third kappa shape index (κ3) is 2.06. The molecule has 1 N–H and O–H groups in total.